The number of phenols is 1. The summed E-state index contributed by atoms with van der Waals surface area (Å²) in [4.78, 5) is 21.1. The number of halogens is 3. The Kier molecular flexibility index (Phi) is 8.80. The van der Waals surface area contributed by atoms with Gasteiger partial charge in [-0.3, -0.25) is 4.79 Å². The molecule has 0 aliphatic heterocycles. The third-order valence-corrected chi connectivity index (χ3v) is 6.50. The molecule has 5 N–H and O–H groups in total. The smallest absolute Gasteiger partial charge is 0.392 e. The van der Waals surface area contributed by atoms with Crippen molar-refractivity contribution in [2.45, 2.75) is 45.2 Å². The van der Waals surface area contributed by atoms with Crippen molar-refractivity contribution in [1.29, 1.82) is 0 Å². The number of hydrogen-bond acceptors (Lipinski definition) is 4. The number of para-hydroxylation sites is 1. The molecule has 0 radical (unpaired) electrons. The van der Waals surface area contributed by atoms with E-state index in [4.69, 9.17) is 13.3 Å². The van der Waals surface area contributed by atoms with Gasteiger partial charge in [0.15, 0.2) is 0 Å². The Morgan fingerprint density at radius 1 is 1.21 bits per heavy atom. The number of phenolic OH excluding ortho intramolecular Hbond substituents is 1. The van der Waals surface area contributed by atoms with Crippen molar-refractivity contribution >= 4 is 36.1 Å². The maximum Gasteiger partial charge on any atom is 0.392 e. The van der Waals surface area contributed by atoms with Crippen LogP contribution in [-0.4, -0.2) is 50.6 Å². The largest absolute Gasteiger partial charge is 0.481 e. The zero-order valence-corrected chi connectivity index (χ0v) is 17.4. The van der Waals surface area contributed by atoms with Gasteiger partial charge in [-0.05, 0) is 18.8 Å². The molecular formula is C17H23AsF3NO7. The molecule has 0 saturated heterocycles. The molecule has 1 aromatic rings. The number of carbonyl (C=O) groups is 2. The van der Waals surface area contributed by atoms with Crippen LogP contribution in [0, 0.1) is 11.8 Å². The fourth-order valence-corrected chi connectivity index (χ4v) is 4.74. The van der Waals surface area contributed by atoms with E-state index in [1.165, 1.54) is 25.1 Å². The van der Waals surface area contributed by atoms with E-state index in [-0.39, 0.29) is 28.6 Å². The summed E-state index contributed by atoms with van der Waals surface area (Å²) in [7, 11) is 0. The molecule has 0 heterocycles. The second-order valence-corrected chi connectivity index (χ2v) is 9.98. The number of aromatic hydroxyl groups is 1. The first-order chi connectivity index (χ1) is 13.2. The van der Waals surface area contributed by atoms with Gasteiger partial charge in [-0.15, -0.1) is 0 Å². The zero-order valence-electron chi connectivity index (χ0n) is 15.5. The minimum Gasteiger partial charge on any atom is -0.481 e. The first-order valence-corrected chi connectivity index (χ1v) is 12.1. The predicted octanol–water partition coefficient (Wildman–Crippen LogP) is 1.74. The number of benzene rings is 1. The Hall–Kier alpha value is -1.97. The number of aliphatic carboxylic acids is 1. The Balaban J connectivity index is 0.000000291. The molecule has 0 bridgehead atoms. The second-order valence-electron chi connectivity index (χ2n) is 6.69. The van der Waals surface area contributed by atoms with Gasteiger partial charge in [0.2, 0.25) is 0 Å². The van der Waals surface area contributed by atoms with Crippen molar-refractivity contribution in [3.8, 4) is 5.75 Å². The molecule has 1 aliphatic rings. The van der Waals surface area contributed by atoms with Crippen LogP contribution in [0.15, 0.2) is 18.2 Å². The molecule has 1 aliphatic carbocycles. The monoisotopic (exact) mass is 485 g/mol. The minimum atomic E-state index is -5.14. The standard InChI is InChI=1S/C9H13F3O2.C8H10AsNO5/c10-9(11,12)7-4-2-1-3-6(7)5-8(13)14;1-5(11)10-8-6(9(13,14)15)3-2-4-7(8)12/h6-7H,1-5H2,(H,13,14);2-4,12H,1H3,(H,10,11)(H2,13,14,15). The number of nitrogens with one attached hydrogen (secondary N) is 1. The van der Waals surface area contributed by atoms with Crippen LogP contribution in [0.4, 0.5) is 18.9 Å². The summed E-state index contributed by atoms with van der Waals surface area (Å²) in [6.45, 7) is 1.18. The SMILES string of the molecule is CC(=O)Nc1c(O)cccc1[As](=O)(O)O.O=C(O)CC1CCCCC1C(F)(F)F. The molecular weight excluding hydrogens is 462 g/mol. The molecule has 2 rings (SSSR count). The van der Waals surface area contributed by atoms with Crippen molar-refractivity contribution in [2.75, 3.05) is 5.32 Å². The topological polar surface area (TPSA) is 144 Å². The van der Waals surface area contributed by atoms with Crippen molar-refractivity contribution in [1.82, 2.24) is 0 Å². The van der Waals surface area contributed by atoms with Crippen LogP contribution in [0.25, 0.3) is 0 Å². The molecule has 1 aromatic carbocycles. The third kappa shape index (κ3) is 8.12. The van der Waals surface area contributed by atoms with Gasteiger partial charge in [0, 0.05) is 6.42 Å². The van der Waals surface area contributed by atoms with E-state index in [0.717, 1.165) is 0 Å². The van der Waals surface area contributed by atoms with E-state index in [1.54, 1.807) is 0 Å². The van der Waals surface area contributed by atoms with Crippen molar-refractivity contribution in [3.05, 3.63) is 18.2 Å². The van der Waals surface area contributed by atoms with Crippen LogP contribution in [-0.2, 0) is 13.3 Å². The Morgan fingerprint density at radius 3 is 2.28 bits per heavy atom. The number of alkyl halides is 3. The van der Waals surface area contributed by atoms with Crippen LogP contribution in [0.3, 0.4) is 0 Å². The Labute approximate surface area is 167 Å². The second kappa shape index (κ2) is 10.2. The van der Waals surface area contributed by atoms with E-state index in [9.17, 15) is 31.6 Å². The van der Waals surface area contributed by atoms with Gasteiger partial charge in [-0.2, -0.15) is 13.2 Å². The number of carboxylic acid groups (broad SMARTS) is 1. The predicted molar refractivity (Wildman–Crippen MR) is 96.7 cm³/mol. The molecule has 1 fully saturated rings. The molecule has 0 spiro atoms. The maximum absolute atomic E-state index is 12.4. The van der Waals surface area contributed by atoms with E-state index in [0.29, 0.717) is 19.3 Å². The van der Waals surface area contributed by atoms with Gasteiger partial charge < -0.3 is 5.11 Å². The number of rotatable bonds is 4. The van der Waals surface area contributed by atoms with Crippen LogP contribution >= 0.6 is 0 Å². The van der Waals surface area contributed by atoms with E-state index < -0.39 is 44.1 Å². The summed E-state index contributed by atoms with van der Waals surface area (Å²) in [5.74, 6) is -4.14. The van der Waals surface area contributed by atoms with E-state index in [2.05, 4.69) is 5.32 Å². The quantitative estimate of drug-likeness (QED) is 0.323. The number of hydrogen-bond donors (Lipinski definition) is 5. The summed E-state index contributed by atoms with van der Waals surface area (Å²) in [5, 5.41) is 20.0. The number of carbonyl (C=O) groups excluding carboxylic acids is 1. The molecule has 12 heteroatoms. The average molecular weight is 485 g/mol. The van der Waals surface area contributed by atoms with Gasteiger partial charge in [0.25, 0.3) is 0 Å². The molecule has 1 saturated carbocycles. The van der Waals surface area contributed by atoms with Crippen molar-refractivity contribution in [2.24, 2.45) is 11.8 Å². The van der Waals surface area contributed by atoms with Crippen LogP contribution in [0.2, 0.25) is 0 Å². The minimum absolute atomic E-state index is 0.0848. The first-order valence-electron chi connectivity index (χ1n) is 8.67. The third-order valence-electron chi connectivity index (χ3n) is 4.40. The number of amides is 1. The molecule has 8 nitrogen and oxygen atoms in total. The summed E-state index contributed by atoms with van der Waals surface area (Å²) >= 11 is -5.14. The zero-order chi connectivity index (χ0) is 22.4. The summed E-state index contributed by atoms with van der Waals surface area (Å²) < 4.78 is 66.1. The number of carboxylic acids is 1. The fourth-order valence-electron chi connectivity index (χ4n) is 3.18. The van der Waals surface area contributed by atoms with Crippen molar-refractivity contribution in [3.63, 3.8) is 0 Å². The van der Waals surface area contributed by atoms with E-state index >= 15 is 0 Å². The molecule has 2 atom stereocenters. The van der Waals surface area contributed by atoms with Gasteiger partial charge in [-0.1, -0.05) is 12.8 Å². The van der Waals surface area contributed by atoms with Gasteiger partial charge in [0.1, 0.15) is 0 Å². The van der Waals surface area contributed by atoms with Crippen LogP contribution in [0.1, 0.15) is 39.0 Å². The molecule has 29 heavy (non-hydrogen) atoms. The van der Waals surface area contributed by atoms with E-state index in [1.807, 2.05) is 0 Å². The molecule has 164 valence electrons. The fraction of sp³-hybridized carbons (Fsp3) is 0.529. The van der Waals surface area contributed by atoms with Gasteiger partial charge >= 0.3 is 100 Å². The number of anilines is 1. The average Bonchev–Trinajstić information content (AvgIpc) is 2.55. The molecule has 1 amide bonds. The van der Waals surface area contributed by atoms with Gasteiger partial charge in [-0.25, -0.2) is 0 Å². The first kappa shape index (κ1) is 25.1. The van der Waals surface area contributed by atoms with Crippen LogP contribution < -0.4 is 9.67 Å². The summed E-state index contributed by atoms with van der Waals surface area (Å²) in [5.41, 5.74) is -0.225. The Bertz CT molecular complexity index is 779. The Morgan fingerprint density at radius 2 is 1.79 bits per heavy atom. The molecule has 2 unspecified atom stereocenters. The summed E-state index contributed by atoms with van der Waals surface area (Å²) in [6, 6.07) is 3.71. The maximum atomic E-state index is 12.4. The normalized spacial score (nSPS) is 19.7. The van der Waals surface area contributed by atoms with Crippen molar-refractivity contribution < 1.29 is 44.9 Å². The molecule has 0 aromatic heterocycles. The van der Waals surface area contributed by atoms with Gasteiger partial charge in [0.05, 0.1) is 5.92 Å². The van der Waals surface area contributed by atoms with Crippen LogP contribution in [0.5, 0.6) is 5.75 Å². The summed E-state index contributed by atoms with van der Waals surface area (Å²) in [6.07, 6.45) is -2.85.